The molecule has 7 rings (SSSR count). The number of hydrogen-bond donors (Lipinski definition) is 1. The quantitative estimate of drug-likeness (QED) is 0.168. The van der Waals surface area contributed by atoms with Gasteiger partial charge in [-0.3, -0.25) is 4.46 Å². The second-order valence-electron chi connectivity index (χ2n) is 7.93. The molecule has 0 amide bonds. The van der Waals surface area contributed by atoms with Crippen molar-refractivity contribution in [1.29, 1.82) is 0 Å². The van der Waals surface area contributed by atoms with Crippen molar-refractivity contribution in [1.82, 2.24) is 0 Å². The maximum absolute atomic E-state index is 11.6. The first kappa shape index (κ1) is 19.0. The van der Waals surface area contributed by atoms with E-state index in [4.69, 9.17) is 22.1 Å². The van der Waals surface area contributed by atoms with Crippen LogP contribution in [-0.2, 0) is 4.46 Å². The van der Waals surface area contributed by atoms with Crippen molar-refractivity contribution in [2.75, 3.05) is 0 Å². The van der Waals surface area contributed by atoms with E-state index in [0.29, 0.717) is 27.9 Å². The molecule has 0 saturated heterocycles. The summed E-state index contributed by atoms with van der Waals surface area (Å²) in [6, 6.07) is 24.6. The lowest BCUT2D eigenvalue weighted by atomic mass is 10.1. The molecule has 2 aromatic heterocycles. The number of hydrogen-bond acceptors (Lipinski definition) is 6. The van der Waals surface area contributed by atoms with Gasteiger partial charge in [0.25, 0.3) is 0 Å². The van der Waals surface area contributed by atoms with Crippen LogP contribution >= 0.6 is 0 Å². The maximum atomic E-state index is 11.6. The van der Waals surface area contributed by atoms with Crippen LogP contribution in [0, 0.1) is 0 Å². The van der Waals surface area contributed by atoms with Crippen molar-refractivity contribution in [3.63, 3.8) is 0 Å². The van der Waals surface area contributed by atoms with Crippen LogP contribution in [-0.4, -0.2) is 14.0 Å². The molecule has 0 bridgehead atoms. The Morgan fingerprint density at radius 2 is 1.00 bits per heavy atom. The molecule has 0 aliphatic carbocycles. The lowest BCUT2D eigenvalue weighted by Crippen LogP contribution is -2.09. The minimum Gasteiger partial charge on any atom is -0.511 e. The highest BCUT2D eigenvalue weighted by atomic mass is 28.3. The van der Waals surface area contributed by atoms with E-state index in [-0.39, 0.29) is 22.5 Å². The van der Waals surface area contributed by atoms with E-state index in [1.165, 1.54) is 6.07 Å². The predicted molar refractivity (Wildman–Crippen MR) is 127 cm³/mol. The topological polar surface area (TPSA) is 99.1 Å². The summed E-state index contributed by atoms with van der Waals surface area (Å²) in [5, 5.41) is 3.92. The molecule has 1 N–H and O–H groups in total. The maximum Gasteiger partial charge on any atom is 0.770 e. The van der Waals surface area contributed by atoms with Gasteiger partial charge in [0, 0.05) is 6.07 Å². The van der Waals surface area contributed by atoms with Crippen molar-refractivity contribution < 1.29 is 31.4 Å². The van der Waals surface area contributed by atoms with Gasteiger partial charge in [0.2, 0.25) is 16.7 Å². The molecular formula is C26H14O7Si. The molecule has 0 radical (unpaired) electrons. The molecule has 7 aromatic rings. The standard InChI is InChI=1S/C26H14O7Si/c27-34(28)33-23-13-22-24(30-19-10-15-6-2-1-5-14(15)9-18(19)29-22)26-25(23)31-20-11-16-7-3-4-8-17(16)12-21(20)32-26/h1-13,27H. The van der Waals surface area contributed by atoms with Gasteiger partial charge >= 0.3 is 9.17 Å². The summed E-state index contributed by atoms with van der Waals surface area (Å²) in [6.07, 6.45) is 0. The molecule has 0 atom stereocenters. The van der Waals surface area contributed by atoms with E-state index in [1.54, 1.807) is 0 Å². The first-order valence-electron chi connectivity index (χ1n) is 10.5. The van der Waals surface area contributed by atoms with E-state index in [1.807, 2.05) is 72.8 Å². The van der Waals surface area contributed by atoms with E-state index in [0.717, 1.165) is 21.5 Å². The molecule has 164 valence electrons. The van der Waals surface area contributed by atoms with E-state index < -0.39 is 9.17 Å². The highest BCUT2D eigenvalue weighted by molar-refractivity contribution is 6.26. The van der Waals surface area contributed by atoms with Gasteiger partial charge in [0.05, 0.1) is 0 Å². The Labute approximate surface area is 191 Å². The van der Waals surface area contributed by atoms with Crippen LogP contribution in [0.2, 0.25) is 0 Å². The third-order valence-corrected chi connectivity index (χ3v) is 6.19. The lowest BCUT2D eigenvalue weighted by Gasteiger charge is -2.10. The molecule has 34 heavy (non-hydrogen) atoms. The summed E-state index contributed by atoms with van der Waals surface area (Å²) in [5.74, 6) is 0.0202. The molecule has 0 saturated carbocycles. The fourth-order valence-corrected chi connectivity index (χ4v) is 4.61. The predicted octanol–water partition coefficient (Wildman–Crippen LogP) is 6.89. The van der Waals surface area contributed by atoms with Gasteiger partial charge < -0.3 is 26.9 Å². The van der Waals surface area contributed by atoms with Gasteiger partial charge in [-0.05, 0) is 45.8 Å². The summed E-state index contributed by atoms with van der Waals surface area (Å²) < 4.78 is 41.5. The van der Waals surface area contributed by atoms with Crippen LogP contribution < -0.4 is 4.43 Å². The van der Waals surface area contributed by atoms with Crippen molar-refractivity contribution in [2.24, 2.45) is 0 Å². The molecule has 7 nitrogen and oxygen atoms in total. The molecule has 8 heteroatoms. The Morgan fingerprint density at radius 3 is 1.50 bits per heavy atom. The first-order chi connectivity index (χ1) is 16.6. The van der Waals surface area contributed by atoms with Gasteiger partial charge in [-0.15, -0.1) is 0 Å². The average molecular weight is 466 g/mol. The zero-order valence-electron chi connectivity index (χ0n) is 17.4. The lowest BCUT2D eigenvalue weighted by molar-refractivity contribution is 0.337. The molecule has 0 fully saturated rings. The van der Waals surface area contributed by atoms with Crippen LogP contribution in [0.1, 0.15) is 0 Å². The minimum absolute atomic E-state index is 0.0202. The molecule has 0 aliphatic heterocycles. The number of rotatable bonds is 2. The van der Waals surface area contributed by atoms with E-state index in [9.17, 15) is 9.26 Å². The molecule has 0 aliphatic rings. The number of benzene rings is 5. The number of fused-ring (bicyclic) bond motifs is 7. The second kappa shape index (κ2) is 6.97. The van der Waals surface area contributed by atoms with Crippen molar-refractivity contribution in [3.05, 3.63) is 78.9 Å². The Hall–Kier alpha value is -4.56. The van der Waals surface area contributed by atoms with Crippen molar-refractivity contribution in [2.45, 2.75) is 0 Å². The first-order valence-corrected chi connectivity index (χ1v) is 11.8. The fourth-order valence-electron chi connectivity index (χ4n) is 4.27. The van der Waals surface area contributed by atoms with Gasteiger partial charge in [-0.25, -0.2) is 0 Å². The fraction of sp³-hybridized carbons (Fsp3) is 0. The molecule has 0 spiro atoms. The SMILES string of the molecule is O=[Si](O)Oc1cc2oc3cc4ccccc4cc3oc2c2oc3cc4ccccc4cc3oc12. The molecule has 5 aromatic carbocycles. The average Bonchev–Trinajstić information content (AvgIpc) is 2.84. The van der Waals surface area contributed by atoms with E-state index >= 15 is 0 Å². The minimum atomic E-state index is -3.33. The summed E-state index contributed by atoms with van der Waals surface area (Å²) in [4.78, 5) is 9.48. The summed E-state index contributed by atoms with van der Waals surface area (Å²) in [7, 11) is -3.33. The zero-order chi connectivity index (χ0) is 22.8. The van der Waals surface area contributed by atoms with Crippen molar-refractivity contribution in [3.8, 4) is 5.75 Å². The summed E-state index contributed by atoms with van der Waals surface area (Å²) in [5.41, 5.74) is 2.89. The van der Waals surface area contributed by atoms with Gasteiger partial charge in [0.1, 0.15) is 0 Å². The van der Waals surface area contributed by atoms with E-state index in [2.05, 4.69) is 0 Å². The van der Waals surface area contributed by atoms with Crippen LogP contribution in [0.15, 0.2) is 96.5 Å². The van der Waals surface area contributed by atoms with Crippen LogP contribution in [0.5, 0.6) is 5.75 Å². The van der Waals surface area contributed by atoms with Gasteiger partial charge in [-0.1, -0.05) is 48.5 Å². The Kier molecular flexibility index (Phi) is 3.88. The Morgan fingerprint density at radius 1 is 0.559 bits per heavy atom. The highest BCUT2D eigenvalue weighted by Gasteiger charge is 2.21. The van der Waals surface area contributed by atoms with Crippen LogP contribution in [0.25, 0.3) is 66.2 Å². The zero-order valence-corrected chi connectivity index (χ0v) is 18.4. The third-order valence-electron chi connectivity index (χ3n) is 5.80. The summed E-state index contributed by atoms with van der Waals surface area (Å²) >= 11 is 0. The monoisotopic (exact) mass is 466 g/mol. The molecule has 2 heterocycles. The largest absolute Gasteiger partial charge is 0.770 e. The highest BCUT2D eigenvalue weighted by Crippen LogP contribution is 2.39. The van der Waals surface area contributed by atoms with Gasteiger partial charge in [0.15, 0.2) is 33.7 Å². The smallest absolute Gasteiger partial charge is 0.511 e. The third kappa shape index (κ3) is 2.89. The van der Waals surface area contributed by atoms with Gasteiger partial charge in [-0.2, -0.15) is 0 Å². The van der Waals surface area contributed by atoms with Crippen LogP contribution in [0.3, 0.4) is 0 Å². The molecular weight excluding hydrogens is 452 g/mol. The normalized spacial score (nSPS) is 11.8. The van der Waals surface area contributed by atoms with Crippen molar-refractivity contribution >= 4 is 75.4 Å². The second-order valence-corrected chi connectivity index (χ2v) is 8.66. The Bertz CT molecular complexity index is 1980. The molecule has 0 unspecified atom stereocenters. The summed E-state index contributed by atoms with van der Waals surface area (Å²) in [6.45, 7) is 0. The Balaban J connectivity index is 1.63. The van der Waals surface area contributed by atoms with Crippen LogP contribution in [0.4, 0.5) is 0 Å².